The second-order valence-corrected chi connectivity index (χ2v) is 3.89. The molecule has 3 heteroatoms. The van der Waals surface area contributed by atoms with Crippen molar-refractivity contribution in [2.45, 2.75) is 38.4 Å². The van der Waals surface area contributed by atoms with E-state index in [1.54, 1.807) is 0 Å². The van der Waals surface area contributed by atoms with Crippen molar-refractivity contribution >= 4 is 0 Å². The van der Waals surface area contributed by atoms with E-state index in [0.717, 1.165) is 19.3 Å². The van der Waals surface area contributed by atoms with E-state index in [0.29, 0.717) is 6.42 Å². The highest BCUT2D eigenvalue weighted by Crippen LogP contribution is 2.36. The zero-order chi connectivity index (χ0) is 9.19. The van der Waals surface area contributed by atoms with Crippen molar-refractivity contribution in [2.24, 2.45) is 11.8 Å². The molecule has 1 aliphatic carbocycles. The summed E-state index contributed by atoms with van der Waals surface area (Å²) in [5.74, 6) is -1.71. The lowest BCUT2D eigenvalue weighted by Gasteiger charge is -2.38. The Labute approximate surface area is 73.0 Å². The minimum Gasteiger partial charge on any atom is -0.396 e. The van der Waals surface area contributed by atoms with E-state index >= 15 is 0 Å². The van der Waals surface area contributed by atoms with Gasteiger partial charge in [-0.2, -0.15) is 0 Å². The molecule has 3 nitrogen and oxygen atoms in total. The smallest absolute Gasteiger partial charge is 0.165 e. The van der Waals surface area contributed by atoms with Gasteiger partial charge in [0.2, 0.25) is 0 Å². The first-order valence-corrected chi connectivity index (χ1v) is 4.63. The zero-order valence-corrected chi connectivity index (χ0v) is 7.53. The first-order valence-electron chi connectivity index (χ1n) is 4.63. The van der Waals surface area contributed by atoms with Crippen LogP contribution in [0.3, 0.4) is 0 Å². The van der Waals surface area contributed by atoms with E-state index in [-0.39, 0.29) is 18.4 Å². The fourth-order valence-corrected chi connectivity index (χ4v) is 2.03. The molecular weight excluding hydrogens is 156 g/mol. The van der Waals surface area contributed by atoms with Crippen molar-refractivity contribution in [3.05, 3.63) is 0 Å². The molecule has 1 saturated carbocycles. The summed E-state index contributed by atoms with van der Waals surface area (Å²) in [4.78, 5) is 0. The highest BCUT2D eigenvalue weighted by atomic mass is 16.5. The van der Waals surface area contributed by atoms with Crippen LogP contribution in [0.1, 0.15) is 32.6 Å². The molecule has 0 aromatic carbocycles. The SMILES string of the molecule is CC(CO)C1CCCCC1(O)O. The van der Waals surface area contributed by atoms with Crippen molar-refractivity contribution in [3.63, 3.8) is 0 Å². The molecule has 12 heavy (non-hydrogen) atoms. The van der Waals surface area contributed by atoms with Crippen LogP contribution >= 0.6 is 0 Å². The van der Waals surface area contributed by atoms with Crippen LogP contribution in [0.4, 0.5) is 0 Å². The lowest BCUT2D eigenvalue weighted by Crippen LogP contribution is -2.44. The van der Waals surface area contributed by atoms with E-state index in [2.05, 4.69) is 0 Å². The molecule has 0 amide bonds. The molecule has 3 N–H and O–H groups in total. The van der Waals surface area contributed by atoms with Crippen LogP contribution in [0.5, 0.6) is 0 Å². The van der Waals surface area contributed by atoms with Gasteiger partial charge in [-0.15, -0.1) is 0 Å². The number of aliphatic hydroxyl groups is 3. The molecule has 2 atom stereocenters. The minimum atomic E-state index is -1.54. The van der Waals surface area contributed by atoms with Gasteiger partial charge in [0, 0.05) is 18.9 Å². The Morgan fingerprint density at radius 3 is 2.58 bits per heavy atom. The molecule has 1 aliphatic rings. The maximum Gasteiger partial charge on any atom is 0.165 e. The monoisotopic (exact) mass is 174 g/mol. The summed E-state index contributed by atoms with van der Waals surface area (Å²) in [5.41, 5.74) is 0. The Kier molecular flexibility index (Phi) is 3.09. The maximum absolute atomic E-state index is 9.58. The molecule has 1 rings (SSSR count). The normalized spacial score (nSPS) is 31.5. The van der Waals surface area contributed by atoms with Crippen LogP contribution in [-0.2, 0) is 0 Å². The largest absolute Gasteiger partial charge is 0.396 e. The molecule has 0 heterocycles. The second-order valence-electron chi connectivity index (χ2n) is 3.89. The third kappa shape index (κ3) is 1.97. The number of rotatable bonds is 2. The molecular formula is C9H18O3. The third-order valence-corrected chi connectivity index (χ3v) is 2.88. The Morgan fingerprint density at radius 2 is 2.08 bits per heavy atom. The molecule has 0 spiro atoms. The van der Waals surface area contributed by atoms with E-state index in [9.17, 15) is 10.2 Å². The maximum atomic E-state index is 9.58. The number of aliphatic hydroxyl groups excluding tert-OH is 1. The molecule has 0 aromatic rings. The first-order chi connectivity index (χ1) is 5.58. The fourth-order valence-electron chi connectivity index (χ4n) is 2.03. The van der Waals surface area contributed by atoms with Crippen LogP contribution in [-0.4, -0.2) is 27.7 Å². The van der Waals surface area contributed by atoms with Gasteiger partial charge in [0.25, 0.3) is 0 Å². The van der Waals surface area contributed by atoms with Crippen LogP contribution in [0, 0.1) is 11.8 Å². The summed E-state index contributed by atoms with van der Waals surface area (Å²) < 4.78 is 0. The Balaban J connectivity index is 2.59. The van der Waals surface area contributed by atoms with Gasteiger partial charge >= 0.3 is 0 Å². The Bertz CT molecular complexity index is 145. The van der Waals surface area contributed by atoms with Crippen LogP contribution in [0.15, 0.2) is 0 Å². The Morgan fingerprint density at radius 1 is 1.42 bits per heavy atom. The van der Waals surface area contributed by atoms with Gasteiger partial charge < -0.3 is 15.3 Å². The summed E-state index contributed by atoms with van der Waals surface area (Å²) >= 11 is 0. The average Bonchev–Trinajstić information content (AvgIpc) is 2.02. The van der Waals surface area contributed by atoms with Gasteiger partial charge in [-0.25, -0.2) is 0 Å². The van der Waals surface area contributed by atoms with Gasteiger partial charge in [-0.3, -0.25) is 0 Å². The molecule has 72 valence electrons. The van der Waals surface area contributed by atoms with Crippen LogP contribution in [0.25, 0.3) is 0 Å². The standard InChI is InChI=1S/C9H18O3/c1-7(6-10)8-4-2-3-5-9(8,11)12/h7-8,10-12H,2-6H2,1H3. The van der Waals surface area contributed by atoms with E-state index in [1.807, 2.05) is 6.92 Å². The van der Waals surface area contributed by atoms with E-state index < -0.39 is 5.79 Å². The number of hydrogen-bond acceptors (Lipinski definition) is 3. The number of hydrogen-bond donors (Lipinski definition) is 3. The molecule has 1 fully saturated rings. The summed E-state index contributed by atoms with van der Waals surface area (Å²) in [6.45, 7) is 1.89. The van der Waals surface area contributed by atoms with E-state index in [4.69, 9.17) is 5.11 Å². The van der Waals surface area contributed by atoms with Crippen molar-refractivity contribution in [1.82, 2.24) is 0 Å². The van der Waals surface area contributed by atoms with Crippen LogP contribution < -0.4 is 0 Å². The third-order valence-electron chi connectivity index (χ3n) is 2.88. The summed E-state index contributed by atoms with van der Waals surface area (Å²) in [5, 5.41) is 28.1. The molecule has 0 aromatic heterocycles. The zero-order valence-electron chi connectivity index (χ0n) is 7.53. The topological polar surface area (TPSA) is 60.7 Å². The summed E-state index contributed by atoms with van der Waals surface area (Å²) in [6, 6.07) is 0. The van der Waals surface area contributed by atoms with Crippen molar-refractivity contribution < 1.29 is 15.3 Å². The lowest BCUT2D eigenvalue weighted by atomic mass is 9.76. The molecule has 0 radical (unpaired) electrons. The highest BCUT2D eigenvalue weighted by Gasteiger charge is 2.39. The van der Waals surface area contributed by atoms with Crippen molar-refractivity contribution in [1.29, 1.82) is 0 Å². The van der Waals surface area contributed by atoms with Gasteiger partial charge in [0.05, 0.1) is 0 Å². The lowest BCUT2D eigenvalue weighted by molar-refractivity contribution is -0.230. The van der Waals surface area contributed by atoms with Gasteiger partial charge in [-0.1, -0.05) is 13.3 Å². The predicted octanol–water partition coefficient (Wildman–Crippen LogP) is 0.486. The molecule has 2 unspecified atom stereocenters. The molecule has 0 aliphatic heterocycles. The highest BCUT2D eigenvalue weighted by molar-refractivity contribution is 4.83. The molecule has 0 saturated heterocycles. The Hall–Kier alpha value is -0.120. The van der Waals surface area contributed by atoms with Gasteiger partial charge in [0.15, 0.2) is 5.79 Å². The first kappa shape index (κ1) is 9.96. The van der Waals surface area contributed by atoms with Crippen LogP contribution in [0.2, 0.25) is 0 Å². The minimum absolute atomic E-state index is 0.0136. The average molecular weight is 174 g/mol. The summed E-state index contributed by atoms with van der Waals surface area (Å²) in [6.07, 6.45) is 3.18. The fraction of sp³-hybridized carbons (Fsp3) is 1.00. The quantitative estimate of drug-likeness (QED) is 0.534. The second kappa shape index (κ2) is 3.73. The van der Waals surface area contributed by atoms with Crippen molar-refractivity contribution in [2.75, 3.05) is 6.61 Å². The van der Waals surface area contributed by atoms with Crippen molar-refractivity contribution in [3.8, 4) is 0 Å². The van der Waals surface area contributed by atoms with E-state index in [1.165, 1.54) is 0 Å². The molecule has 0 bridgehead atoms. The summed E-state index contributed by atoms with van der Waals surface area (Å²) in [7, 11) is 0. The van der Waals surface area contributed by atoms with Gasteiger partial charge in [-0.05, 0) is 18.8 Å². The predicted molar refractivity (Wildman–Crippen MR) is 45.4 cm³/mol. The van der Waals surface area contributed by atoms with Gasteiger partial charge in [0.1, 0.15) is 0 Å².